The summed E-state index contributed by atoms with van der Waals surface area (Å²) in [6, 6.07) is 6.17. The molecule has 2 N–H and O–H groups in total. The van der Waals surface area contributed by atoms with E-state index < -0.39 is 45.1 Å². The molecule has 2 atom stereocenters. The summed E-state index contributed by atoms with van der Waals surface area (Å²) in [5.74, 6) is -1.62. The van der Waals surface area contributed by atoms with Crippen molar-refractivity contribution in [3.8, 4) is 11.3 Å². The second-order valence-electron chi connectivity index (χ2n) is 11.1. The molecule has 39 heavy (non-hydrogen) atoms. The lowest BCUT2D eigenvalue weighted by Crippen LogP contribution is -2.60. The van der Waals surface area contributed by atoms with Gasteiger partial charge < -0.3 is 23.9 Å². The number of fused-ring (bicyclic) bond motifs is 1. The lowest BCUT2D eigenvalue weighted by molar-refractivity contribution is -0.0661. The number of hydrogen-bond donors (Lipinski definition) is 2. The maximum absolute atomic E-state index is 15.8. The molecule has 0 radical (unpaired) electrons. The molecule has 2 saturated heterocycles. The first-order valence-electron chi connectivity index (χ1n) is 12.7. The molecular weight excluding hydrogens is 530 g/mol. The van der Waals surface area contributed by atoms with Gasteiger partial charge in [0.2, 0.25) is 0 Å². The lowest BCUT2D eigenvalue weighted by Gasteiger charge is -2.43. The van der Waals surface area contributed by atoms with E-state index in [1.807, 2.05) is 39.8 Å². The number of aromatic nitrogens is 2. The van der Waals surface area contributed by atoms with Crippen LogP contribution in [-0.4, -0.2) is 73.5 Å². The SMILES string of the molecule is Cc1ccn2c(C[C@H]3CN(C(=O)O)CCO3)c(-c3c(F)cc(C4(NS(=O)C(C)(C)C)COC4)cc3F)nc2c1. The highest BCUT2D eigenvalue weighted by molar-refractivity contribution is 7.84. The van der Waals surface area contributed by atoms with Crippen LogP contribution in [0.25, 0.3) is 16.9 Å². The Morgan fingerprint density at radius 3 is 2.54 bits per heavy atom. The van der Waals surface area contributed by atoms with E-state index in [0.29, 0.717) is 16.9 Å². The third-order valence-electron chi connectivity index (χ3n) is 7.08. The Labute approximate surface area is 227 Å². The van der Waals surface area contributed by atoms with Crippen LogP contribution in [0.5, 0.6) is 0 Å². The molecule has 1 aromatic carbocycles. The summed E-state index contributed by atoms with van der Waals surface area (Å²) in [6.45, 7) is 8.21. The Balaban J connectivity index is 1.56. The molecule has 12 heteroatoms. The van der Waals surface area contributed by atoms with Crippen LogP contribution in [0.2, 0.25) is 0 Å². The van der Waals surface area contributed by atoms with E-state index >= 15 is 8.78 Å². The number of aryl methyl sites for hydroxylation is 1. The van der Waals surface area contributed by atoms with Crippen molar-refractivity contribution in [3.63, 3.8) is 0 Å². The van der Waals surface area contributed by atoms with Gasteiger partial charge in [0.1, 0.15) is 22.8 Å². The minimum Gasteiger partial charge on any atom is -0.465 e. The van der Waals surface area contributed by atoms with Crippen molar-refractivity contribution in [2.24, 2.45) is 0 Å². The van der Waals surface area contributed by atoms with Gasteiger partial charge >= 0.3 is 6.09 Å². The summed E-state index contributed by atoms with van der Waals surface area (Å²) in [6.07, 6.45) is 0.436. The van der Waals surface area contributed by atoms with E-state index in [9.17, 15) is 14.1 Å². The number of hydrogen-bond acceptors (Lipinski definition) is 5. The van der Waals surface area contributed by atoms with Gasteiger partial charge in [-0.25, -0.2) is 27.5 Å². The van der Waals surface area contributed by atoms with Crippen molar-refractivity contribution >= 4 is 22.7 Å². The van der Waals surface area contributed by atoms with Crippen molar-refractivity contribution in [1.82, 2.24) is 19.0 Å². The van der Waals surface area contributed by atoms with E-state index in [1.165, 1.54) is 17.0 Å². The molecule has 210 valence electrons. The Morgan fingerprint density at radius 1 is 1.26 bits per heavy atom. The van der Waals surface area contributed by atoms with Crippen LogP contribution in [0.1, 0.15) is 37.6 Å². The Kier molecular flexibility index (Phi) is 7.25. The van der Waals surface area contributed by atoms with Gasteiger partial charge in [0.05, 0.1) is 65.2 Å². The molecule has 2 fully saturated rings. The Bertz CT molecular complexity index is 1430. The molecule has 0 saturated carbocycles. The first kappa shape index (κ1) is 27.6. The summed E-state index contributed by atoms with van der Waals surface area (Å²) in [5.41, 5.74) is 1.13. The molecular formula is C27H32F2N4O5S. The van der Waals surface area contributed by atoms with Crippen molar-refractivity contribution < 1.29 is 32.4 Å². The predicted molar refractivity (Wildman–Crippen MR) is 142 cm³/mol. The van der Waals surface area contributed by atoms with Gasteiger partial charge in [-0.15, -0.1) is 0 Å². The molecule has 1 amide bonds. The number of pyridine rings is 1. The molecule has 4 heterocycles. The molecule has 0 bridgehead atoms. The maximum atomic E-state index is 15.8. The normalized spacial score (nSPS) is 20.2. The van der Waals surface area contributed by atoms with Gasteiger partial charge in [0.25, 0.3) is 0 Å². The van der Waals surface area contributed by atoms with Crippen molar-refractivity contribution in [1.29, 1.82) is 0 Å². The number of carboxylic acid groups (broad SMARTS) is 1. The summed E-state index contributed by atoms with van der Waals surface area (Å²) in [7, 11) is -1.49. The fourth-order valence-corrected chi connectivity index (χ4v) is 5.72. The molecule has 0 spiro atoms. The summed E-state index contributed by atoms with van der Waals surface area (Å²) >= 11 is 0. The fraction of sp³-hybridized carbons (Fsp3) is 0.481. The van der Waals surface area contributed by atoms with Crippen LogP contribution in [-0.2, 0) is 32.4 Å². The highest BCUT2D eigenvalue weighted by Gasteiger charge is 2.44. The molecule has 2 aliphatic heterocycles. The van der Waals surface area contributed by atoms with Crippen molar-refractivity contribution in [2.45, 2.75) is 50.5 Å². The van der Waals surface area contributed by atoms with Gasteiger partial charge in [-0.05, 0) is 63.1 Å². The van der Waals surface area contributed by atoms with Gasteiger partial charge in [0, 0.05) is 19.2 Å². The first-order valence-corrected chi connectivity index (χ1v) is 13.9. The van der Waals surface area contributed by atoms with E-state index in [2.05, 4.69) is 9.71 Å². The number of nitrogens with zero attached hydrogens (tertiary/aromatic N) is 3. The van der Waals surface area contributed by atoms with E-state index in [-0.39, 0.29) is 50.6 Å². The largest absolute Gasteiger partial charge is 0.465 e. The first-order chi connectivity index (χ1) is 18.4. The fourth-order valence-electron chi connectivity index (χ4n) is 4.82. The highest BCUT2D eigenvalue weighted by atomic mass is 32.2. The molecule has 3 aromatic rings. The number of benzene rings is 1. The minimum atomic E-state index is -1.49. The van der Waals surface area contributed by atoms with Crippen LogP contribution in [0, 0.1) is 18.6 Å². The average molecular weight is 563 g/mol. The molecule has 1 unspecified atom stereocenters. The third-order valence-corrected chi connectivity index (χ3v) is 8.77. The van der Waals surface area contributed by atoms with Crippen molar-refractivity contribution in [3.05, 3.63) is 58.9 Å². The van der Waals surface area contributed by atoms with Gasteiger partial charge in [-0.3, -0.25) is 0 Å². The van der Waals surface area contributed by atoms with Gasteiger partial charge in [0.15, 0.2) is 0 Å². The van der Waals surface area contributed by atoms with Gasteiger partial charge in [-0.2, -0.15) is 0 Å². The monoisotopic (exact) mass is 562 g/mol. The number of imidazole rings is 1. The second kappa shape index (κ2) is 10.2. The third kappa shape index (κ3) is 5.30. The van der Waals surface area contributed by atoms with Crippen LogP contribution < -0.4 is 4.72 Å². The quantitative estimate of drug-likeness (QED) is 0.474. The summed E-state index contributed by atoms with van der Waals surface area (Å²) in [5, 5.41) is 9.43. The number of morpholine rings is 1. The predicted octanol–water partition coefficient (Wildman–Crippen LogP) is 3.79. The zero-order valence-corrected chi connectivity index (χ0v) is 23.1. The maximum Gasteiger partial charge on any atom is 0.407 e. The average Bonchev–Trinajstić information content (AvgIpc) is 3.16. The number of carbonyl (C=O) groups is 1. The summed E-state index contributed by atoms with van der Waals surface area (Å²) < 4.78 is 59.9. The standard InChI is InChI=1S/C27H32F2N4O5S/c1-16-5-6-33-21(12-18-13-32(25(34)35)7-8-38-18)24(30-22(33)9-16)23-19(28)10-17(11-20(23)29)27(14-37-15-27)31-39(36)26(2,3)4/h5-6,9-11,18,31H,7-8,12-15H2,1-4H3,(H,34,35)/t18-,39?/m0/s1. The number of rotatable bonds is 6. The van der Waals surface area contributed by atoms with E-state index in [0.717, 1.165) is 5.56 Å². The molecule has 0 aliphatic carbocycles. The highest BCUT2D eigenvalue weighted by Crippen LogP contribution is 2.37. The van der Waals surface area contributed by atoms with Crippen LogP contribution in [0.4, 0.5) is 13.6 Å². The number of nitrogens with one attached hydrogen (secondary N) is 1. The van der Waals surface area contributed by atoms with Crippen LogP contribution >= 0.6 is 0 Å². The number of amides is 1. The lowest BCUT2D eigenvalue weighted by atomic mass is 9.87. The molecule has 9 nitrogen and oxygen atoms in total. The molecule has 5 rings (SSSR count). The number of ether oxygens (including phenoxy) is 2. The zero-order valence-electron chi connectivity index (χ0n) is 22.3. The minimum absolute atomic E-state index is 0.128. The number of halogens is 2. The molecule has 2 aromatic heterocycles. The van der Waals surface area contributed by atoms with Crippen LogP contribution in [0.3, 0.4) is 0 Å². The smallest absolute Gasteiger partial charge is 0.407 e. The molecule has 2 aliphatic rings. The zero-order chi connectivity index (χ0) is 28.1. The Morgan fingerprint density at radius 2 is 1.95 bits per heavy atom. The summed E-state index contributed by atoms with van der Waals surface area (Å²) in [4.78, 5) is 17.4. The Hall–Kier alpha value is -2.93. The topological polar surface area (TPSA) is 105 Å². The van der Waals surface area contributed by atoms with E-state index in [1.54, 1.807) is 10.6 Å². The van der Waals surface area contributed by atoms with E-state index in [4.69, 9.17) is 9.47 Å². The second-order valence-corrected chi connectivity index (χ2v) is 13.1. The van der Waals surface area contributed by atoms with Crippen LogP contribution in [0.15, 0.2) is 30.5 Å². The van der Waals surface area contributed by atoms with Crippen molar-refractivity contribution in [2.75, 3.05) is 32.9 Å². The van der Waals surface area contributed by atoms with Gasteiger partial charge in [-0.1, -0.05) is 0 Å².